The van der Waals surface area contributed by atoms with E-state index >= 15 is 0 Å². The van der Waals surface area contributed by atoms with Gasteiger partial charge in [-0.25, -0.2) is 0 Å². The first-order valence-electron chi connectivity index (χ1n) is 5.01. The average Bonchev–Trinajstić information content (AvgIpc) is 2.04. The van der Waals surface area contributed by atoms with E-state index < -0.39 is 0 Å². The number of hydrogen-bond acceptors (Lipinski definition) is 1. The van der Waals surface area contributed by atoms with Crippen LogP contribution in [0.5, 0.6) is 0 Å². The van der Waals surface area contributed by atoms with Crippen LogP contribution in [0, 0.1) is 0 Å². The fourth-order valence-electron chi connectivity index (χ4n) is 1.21. The standard InChI is InChI=1S/C9H22BN/c1-3-4-5-6-7-8-9(2)10-11/h9-10H,3-8,11H2,1-2H3. The Hall–Kier alpha value is 0.0249. The minimum absolute atomic E-state index is 0.733. The van der Waals surface area contributed by atoms with Crippen LogP contribution in [-0.2, 0) is 0 Å². The molecule has 0 rings (SSSR count). The van der Waals surface area contributed by atoms with Crippen LogP contribution in [0.25, 0.3) is 0 Å². The molecule has 0 heterocycles. The van der Waals surface area contributed by atoms with E-state index in [1.807, 2.05) is 0 Å². The molecular weight excluding hydrogens is 133 g/mol. The quantitative estimate of drug-likeness (QED) is 0.443. The second-order valence-electron chi connectivity index (χ2n) is 3.54. The van der Waals surface area contributed by atoms with Gasteiger partial charge in [0.25, 0.3) is 0 Å². The Kier molecular flexibility index (Phi) is 8.14. The lowest BCUT2D eigenvalue weighted by atomic mass is 9.75. The van der Waals surface area contributed by atoms with Crippen molar-refractivity contribution in [2.45, 2.75) is 58.2 Å². The fraction of sp³-hybridized carbons (Fsp3) is 1.00. The highest BCUT2D eigenvalue weighted by Gasteiger charge is 1.99. The van der Waals surface area contributed by atoms with E-state index in [1.165, 1.54) is 38.5 Å². The molecular formula is C9H22BN. The fourth-order valence-corrected chi connectivity index (χ4v) is 1.21. The van der Waals surface area contributed by atoms with Crippen LogP contribution in [0.2, 0.25) is 5.82 Å². The molecule has 0 fully saturated rings. The number of nitrogens with two attached hydrogens (primary N) is 1. The van der Waals surface area contributed by atoms with Crippen molar-refractivity contribution in [3.05, 3.63) is 0 Å². The molecule has 0 radical (unpaired) electrons. The van der Waals surface area contributed by atoms with E-state index in [4.69, 9.17) is 5.64 Å². The molecule has 0 aromatic rings. The van der Waals surface area contributed by atoms with Gasteiger partial charge in [-0.1, -0.05) is 58.2 Å². The zero-order valence-corrected chi connectivity index (χ0v) is 8.10. The maximum absolute atomic E-state index is 5.51. The van der Waals surface area contributed by atoms with Crippen molar-refractivity contribution >= 4 is 7.41 Å². The van der Waals surface area contributed by atoms with Crippen molar-refractivity contribution in [1.82, 2.24) is 0 Å². The molecule has 0 bridgehead atoms. The van der Waals surface area contributed by atoms with Crippen LogP contribution in [-0.4, -0.2) is 7.41 Å². The summed E-state index contributed by atoms with van der Waals surface area (Å²) in [6, 6.07) is 0. The molecule has 0 amide bonds. The third kappa shape index (κ3) is 7.93. The highest BCUT2D eigenvalue weighted by Crippen LogP contribution is 2.12. The predicted octanol–water partition coefficient (Wildman–Crippen LogP) is 2.47. The molecule has 2 N–H and O–H groups in total. The highest BCUT2D eigenvalue weighted by atomic mass is 14.4. The Morgan fingerprint density at radius 2 is 1.82 bits per heavy atom. The van der Waals surface area contributed by atoms with E-state index in [2.05, 4.69) is 13.8 Å². The lowest BCUT2D eigenvalue weighted by molar-refractivity contribution is 0.600. The zero-order valence-electron chi connectivity index (χ0n) is 8.10. The van der Waals surface area contributed by atoms with Crippen molar-refractivity contribution in [2.24, 2.45) is 5.64 Å². The normalized spacial score (nSPS) is 13.0. The Bertz CT molecular complexity index is 76.0. The number of hydrogen-bond donors (Lipinski definition) is 1. The minimum Gasteiger partial charge on any atom is -0.373 e. The van der Waals surface area contributed by atoms with Crippen molar-refractivity contribution < 1.29 is 0 Å². The van der Waals surface area contributed by atoms with Crippen molar-refractivity contribution in [2.75, 3.05) is 0 Å². The van der Waals surface area contributed by atoms with Gasteiger partial charge in [0.15, 0.2) is 0 Å². The van der Waals surface area contributed by atoms with E-state index in [1.54, 1.807) is 0 Å². The average molecular weight is 155 g/mol. The monoisotopic (exact) mass is 155 g/mol. The van der Waals surface area contributed by atoms with Gasteiger partial charge in [0.05, 0.1) is 0 Å². The molecule has 0 aliphatic rings. The molecule has 0 aliphatic carbocycles. The molecule has 0 aliphatic heterocycles. The summed E-state index contributed by atoms with van der Waals surface area (Å²) in [5.41, 5.74) is 5.51. The number of rotatable bonds is 7. The summed E-state index contributed by atoms with van der Waals surface area (Å²) in [4.78, 5) is 0. The summed E-state index contributed by atoms with van der Waals surface area (Å²) >= 11 is 0. The topological polar surface area (TPSA) is 26.0 Å². The van der Waals surface area contributed by atoms with Crippen molar-refractivity contribution in [3.63, 3.8) is 0 Å². The molecule has 11 heavy (non-hydrogen) atoms. The second-order valence-corrected chi connectivity index (χ2v) is 3.54. The first-order chi connectivity index (χ1) is 5.31. The summed E-state index contributed by atoms with van der Waals surface area (Å²) in [6.45, 7) is 4.49. The molecule has 0 spiro atoms. The Morgan fingerprint density at radius 1 is 1.18 bits per heavy atom. The SMILES string of the molecule is CCCCCCCC(C)BN. The largest absolute Gasteiger partial charge is 0.373 e. The summed E-state index contributed by atoms with van der Waals surface area (Å²) < 4.78 is 0. The molecule has 1 nitrogen and oxygen atoms in total. The molecule has 1 atom stereocenters. The molecule has 1 unspecified atom stereocenters. The first kappa shape index (κ1) is 11.0. The first-order valence-corrected chi connectivity index (χ1v) is 5.01. The van der Waals surface area contributed by atoms with Crippen LogP contribution in [0.3, 0.4) is 0 Å². The Morgan fingerprint density at radius 3 is 2.36 bits per heavy atom. The molecule has 2 heteroatoms. The minimum atomic E-state index is 0.733. The van der Waals surface area contributed by atoms with Gasteiger partial charge in [-0.3, -0.25) is 0 Å². The lowest BCUT2D eigenvalue weighted by Crippen LogP contribution is -2.10. The van der Waals surface area contributed by atoms with Crippen LogP contribution >= 0.6 is 0 Å². The number of unbranched alkanes of at least 4 members (excludes halogenated alkanes) is 4. The second kappa shape index (κ2) is 8.12. The Labute approximate surface area is 72.0 Å². The summed E-state index contributed by atoms with van der Waals surface area (Å²) in [5, 5.41) is 0. The third-order valence-corrected chi connectivity index (χ3v) is 2.20. The molecule has 0 saturated carbocycles. The van der Waals surface area contributed by atoms with Gasteiger partial charge >= 0.3 is 0 Å². The van der Waals surface area contributed by atoms with Gasteiger partial charge in [0, 0.05) is 0 Å². The van der Waals surface area contributed by atoms with E-state index in [0.717, 1.165) is 13.2 Å². The van der Waals surface area contributed by atoms with E-state index in [0.29, 0.717) is 0 Å². The van der Waals surface area contributed by atoms with Crippen LogP contribution in [0.15, 0.2) is 0 Å². The maximum Gasteiger partial charge on any atom is 0.201 e. The summed E-state index contributed by atoms with van der Waals surface area (Å²) in [7, 11) is 0.855. The van der Waals surface area contributed by atoms with Crippen LogP contribution < -0.4 is 5.64 Å². The smallest absolute Gasteiger partial charge is 0.201 e. The summed E-state index contributed by atoms with van der Waals surface area (Å²) in [5.74, 6) is 0.733. The zero-order chi connectivity index (χ0) is 8.53. The Balaban J connectivity index is 2.89. The molecule has 66 valence electrons. The molecule has 0 aromatic carbocycles. The van der Waals surface area contributed by atoms with Gasteiger partial charge in [0.2, 0.25) is 7.41 Å². The summed E-state index contributed by atoms with van der Waals surface area (Å²) in [6.07, 6.45) is 8.24. The predicted molar refractivity (Wildman–Crippen MR) is 54.1 cm³/mol. The highest BCUT2D eigenvalue weighted by molar-refractivity contribution is 6.32. The van der Waals surface area contributed by atoms with Gasteiger partial charge in [-0.15, -0.1) is 0 Å². The van der Waals surface area contributed by atoms with Gasteiger partial charge in [0.1, 0.15) is 0 Å². The third-order valence-electron chi connectivity index (χ3n) is 2.20. The van der Waals surface area contributed by atoms with Crippen LogP contribution in [0.4, 0.5) is 0 Å². The lowest BCUT2D eigenvalue weighted by Gasteiger charge is -2.05. The van der Waals surface area contributed by atoms with Gasteiger partial charge < -0.3 is 5.64 Å². The maximum atomic E-state index is 5.51. The van der Waals surface area contributed by atoms with Crippen molar-refractivity contribution in [3.8, 4) is 0 Å². The van der Waals surface area contributed by atoms with Gasteiger partial charge in [-0.05, 0) is 0 Å². The van der Waals surface area contributed by atoms with Crippen LogP contribution in [0.1, 0.15) is 52.4 Å². The van der Waals surface area contributed by atoms with E-state index in [-0.39, 0.29) is 0 Å². The molecule has 0 saturated heterocycles. The van der Waals surface area contributed by atoms with E-state index in [9.17, 15) is 0 Å². The van der Waals surface area contributed by atoms with Crippen molar-refractivity contribution in [1.29, 1.82) is 0 Å². The van der Waals surface area contributed by atoms with Gasteiger partial charge in [-0.2, -0.15) is 0 Å². The molecule has 0 aromatic heterocycles.